The molecular weight excluding hydrogens is 274 g/mol. The molecule has 2 heterocycles. The molecule has 120 valence electrons. The number of benzene rings is 1. The van der Waals surface area contributed by atoms with Gasteiger partial charge in [0.25, 0.3) is 5.91 Å². The topological polar surface area (TPSA) is 28.0 Å². The minimum absolute atomic E-state index is 0.344. The Morgan fingerprint density at radius 3 is 2.55 bits per heavy atom. The van der Waals surface area contributed by atoms with Gasteiger partial charge in [-0.15, -0.1) is 0 Å². The summed E-state index contributed by atoms with van der Waals surface area (Å²) in [6.07, 6.45) is 3.87. The Labute approximate surface area is 133 Å². The summed E-state index contributed by atoms with van der Waals surface area (Å²) >= 11 is 0. The Balaban J connectivity index is 1.49. The smallest absolute Gasteiger partial charge is 0.277 e. The maximum atomic E-state index is 12.5. The number of piperazine rings is 1. The number of likely N-dealkylation sites (tertiary alicyclic amines) is 1. The third kappa shape index (κ3) is 3.61. The first-order valence-corrected chi connectivity index (χ1v) is 8.66. The van der Waals surface area contributed by atoms with Crippen LogP contribution in [0.5, 0.6) is 0 Å². The van der Waals surface area contributed by atoms with Crippen molar-refractivity contribution in [2.75, 3.05) is 44.2 Å². The second-order valence-corrected chi connectivity index (χ2v) is 6.69. The maximum absolute atomic E-state index is 12.5. The van der Waals surface area contributed by atoms with E-state index in [9.17, 15) is 4.79 Å². The third-order valence-electron chi connectivity index (χ3n) is 5.21. The van der Waals surface area contributed by atoms with Gasteiger partial charge in [0.1, 0.15) is 0 Å². The van der Waals surface area contributed by atoms with Crippen molar-refractivity contribution < 1.29 is 9.69 Å². The Kier molecular flexibility index (Phi) is 4.98. The Morgan fingerprint density at radius 2 is 1.86 bits per heavy atom. The summed E-state index contributed by atoms with van der Waals surface area (Å²) in [4.78, 5) is 18.5. The zero-order valence-corrected chi connectivity index (χ0v) is 13.6. The number of amides is 1. The fourth-order valence-electron chi connectivity index (χ4n) is 3.67. The average molecular weight is 302 g/mol. The summed E-state index contributed by atoms with van der Waals surface area (Å²) in [5.74, 6) is 0.344. The Bertz CT molecular complexity index is 482. The van der Waals surface area contributed by atoms with Crippen molar-refractivity contribution in [1.82, 2.24) is 4.90 Å². The van der Waals surface area contributed by atoms with Gasteiger partial charge in [-0.1, -0.05) is 18.2 Å². The number of nitrogens with one attached hydrogen (secondary N) is 1. The third-order valence-corrected chi connectivity index (χ3v) is 5.21. The lowest BCUT2D eigenvalue weighted by Crippen LogP contribution is -3.17. The number of quaternary nitrogens is 1. The van der Waals surface area contributed by atoms with Crippen LogP contribution in [0.15, 0.2) is 30.3 Å². The number of carbonyl (C=O) groups excluding carboxylic acids is 1. The summed E-state index contributed by atoms with van der Waals surface area (Å²) in [6, 6.07) is 11.1. The van der Waals surface area contributed by atoms with Crippen molar-refractivity contribution in [2.24, 2.45) is 0 Å². The molecule has 2 atom stereocenters. The van der Waals surface area contributed by atoms with Crippen LogP contribution >= 0.6 is 0 Å². The lowest BCUT2D eigenvalue weighted by Gasteiger charge is -2.37. The SMILES string of the molecule is C[C@H]1CCCC[NH+]1CC(=O)N1CCN(c2ccccc2)CC1. The fourth-order valence-corrected chi connectivity index (χ4v) is 3.67. The van der Waals surface area contributed by atoms with Crippen molar-refractivity contribution in [2.45, 2.75) is 32.2 Å². The molecule has 0 aliphatic carbocycles. The molecule has 4 nitrogen and oxygen atoms in total. The van der Waals surface area contributed by atoms with Gasteiger partial charge in [-0.25, -0.2) is 0 Å². The van der Waals surface area contributed by atoms with Gasteiger partial charge in [0.15, 0.2) is 6.54 Å². The first kappa shape index (κ1) is 15.3. The molecule has 4 heteroatoms. The molecule has 1 aromatic rings. The number of hydrogen-bond donors (Lipinski definition) is 1. The van der Waals surface area contributed by atoms with Crippen LogP contribution in [0.4, 0.5) is 5.69 Å². The second kappa shape index (κ2) is 7.14. The van der Waals surface area contributed by atoms with Gasteiger partial charge in [0.2, 0.25) is 0 Å². The zero-order chi connectivity index (χ0) is 15.4. The van der Waals surface area contributed by atoms with Crippen LogP contribution in [0.3, 0.4) is 0 Å². The second-order valence-electron chi connectivity index (χ2n) is 6.69. The van der Waals surface area contributed by atoms with Crippen LogP contribution in [-0.4, -0.2) is 56.1 Å². The first-order valence-electron chi connectivity index (χ1n) is 8.66. The molecular formula is C18H28N3O+. The molecule has 1 aromatic carbocycles. The number of rotatable bonds is 3. The van der Waals surface area contributed by atoms with Crippen LogP contribution in [0.2, 0.25) is 0 Å². The summed E-state index contributed by atoms with van der Waals surface area (Å²) in [5, 5.41) is 0. The molecule has 0 spiro atoms. The van der Waals surface area contributed by atoms with E-state index in [1.54, 1.807) is 0 Å². The van der Waals surface area contributed by atoms with Crippen molar-refractivity contribution in [3.63, 3.8) is 0 Å². The van der Waals surface area contributed by atoms with Crippen LogP contribution in [0, 0.1) is 0 Å². The maximum Gasteiger partial charge on any atom is 0.277 e. The summed E-state index contributed by atoms with van der Waals surface area (Å²) in [7, 11) is 0. The van der Waals surface area contributed by atoms with Crippen LogP contribution in [-0.2, 0) is 4.79 Å². The average Bonchev–Trinajstić information content (AvgIpc) is 2.58. The highest BCUT2D eigenvalue weighted by Crippen LogP contribution is 2.15. The number of piperidine rings is 1. The number of anilines is 1. The standard InChI is InChI=1S/C18H27N3O/c1-16-7-5-6-10-21(16)15-18(22)20-13-11-19(12-14-20)17-8-3-2-4-9-17/h2-4,8-9,16H,5-7,10-15H2,1H3/p+1/t16-/m0/s1. The number of carbonyl (C=O) groups is 1. The highest BCUT2D eigenvalue weighted by Gasteiger charge is 2.28. The van der Waals surface area contributed by atoms with Gasteiger partial charge in [-0.3, -0.25) is 4.79 Å². The van der Waals surface area contributed by atoms with E-state index < -0.39 is 0 Å². The molecule has 0 bridgehead atoms. The van der Waals surface area contributed by atoms with Crippen molar-refractivity contribution in [1.29, 1.82) is 0 Å². The van der Waals surface area contributed by atoms with Crippen LogP contribution in [0.1, 0.15) is 26.2 Å². The molecule has 22 heavy (non-hydrogen) atoms. The molecule has 2 fully saturated rings. The molecule has 0 saturated carbocycles. The van der Waals surface area contributed by atoms with E-state index in [-0.39, 0.29) is 0 Å². The van der Waals surface area contributed by atoms with E-state index in [4.69, 9.17) is 0 Å². The largest absolute Gasteiger partial charge is 0.368 e. The molecule has 2 saturated heterocycles. The highest BCUT2D eigenvalue weighted by molar-refractivity contribution is 5.77. The number of para-hydroxylation sites is 1. The molecule has 1 amide bonds. The van der Waals surface area contributed by atoms with E-state index in [2.05, 4.69) is 41.0 Å². The molecule has 0 aromatic heterocycles. The summed E-state index contributed by atoms with van der Waals surface area (Å²) in [6.45, 7) is 7.74. The van der Waals surface area contributed by atoms with E-state index >= 15 is 0 Å². The van der Waals surface area contributed by atoms with Gasteiger partial charge < -0.3 is 14.7 Å². The van der Waals surface area contributed by atoms with Gasteiger partial charge in [-0.05, 0) is 38.3 Å². The van der Waals surface area contributed by atoms with E-state index in [1.165, 1.54) is 29.8 Å². The summed E-state index contributed by atoms with van der Waals surface area (Å²) in [5.41, 5.74) is 1.27. The van der Waals surface area contributed by atoms with E-state index in [1.807, 2.05) is 6.07 Å². The lowest BCUT2D eigenvalue weighted by molar-refractivity contribution is -0.921. The fraction of sp³-hybridized carbons (Fsp3) is 0.611. The van der Waals surface area contributed by atoms with Crippen molar-refractivity contribution >= 4 is 11.6 Å². The van der Waals surface area contributed by atoms with Crippen LogP contribution in [0.25, 0.3) is 0 Å². The summed E-state index contributed by atoms with van der Waals surface area (Å²) < 4.78 is 0. The normalized spacial score (nSPS) is 26.0. The number of nitrogens with zero attached hydrogens (tertiary/aromatic N) is 2. The molecule has 1 N–H and O–H groups in total. The predicted octanol–water partition coefficient (Wildman–Crippen LogP) is 0.793. The van der Waals surface area contributed by atoms with Gasteiger partial charge >= 0.3 is 0 Å². The Morgan fingerprint density at radius 1 is 1.14 bits per heavy atom. The van der Waals surface area contributed by atoms with Gasteiger partial charge in [0, 0.05) is 31.9 Å². The Hall–Kier alpha value is -1.55. The molecule has 1 unspecified atom stereocenters. The molecule has 2 aliphatic heterocycles. The number of hydrogen-bond acceptors (Lipinski definition) is 2. The van der Waals surface area contributed by atoms with E-state index in [0.29, 0.717) is 18.5 Å². The molecule has 2 aliphatic rings. The van der Waals surface area contributed by atoms with E-state index in [0.717, 1.165) is 32.7 Å². The minimum atomic E-state index is 0.344. The van der Waals surface area contributed by atoms with Crippen molar-refractivity contribution in [3.05, 3.63) is 30.3 Å². The monoisotopic (exact) mass is 302 g/mol. The lowest BCUT2D eigenvalue weighted by atomic mass is 10.0. The molecule has 3 rings (SSSR count). The first-order chi connectivity index (χ1) is 10.7. The highest BCUT2D eigenvalue weighted by atomic mass is 16.2. The van der Waals surface area contributed by atoms with Gasteiger partial charge in [0.05, 0.1) is 12.6 Å². The molecule has 0 radical (unpaired) electrons. The van der Waals surface area contributed by atoms with Crippen molar-refractivity contribution in [3.8, 4) is 0 Å². The predicted molar refractivity (Wildman–Crippen MR) is 89.2 cm³/mol. The quantitative estimate of drug-likeness (QED) is 0.894. The minimum Gasteiger partial charge on any atom is -0.368 e. The van der Waals surface area contributed by atoms with Gasteiger partial charge in [-0.2, -0.15) is 0 Å². The van der Waals surface area contributed by atoms with Crippen LogP contribution < -0.4 is 9.80 Å². The zero-order valence-electron chi connectivity index (χ0n) is 13.6.